The fourth-order valence-electron chi connectivity index (χ4n) is 3.59. The summed E-state index contributed by atoms with van der Waals surface area (Å²) in [6, 6.07) is 18.8. The summed E-state index contributed by atoms with van der Waals surface area (Å²) >= 11 is 1.22. The lowest BCUT2D eigenvalue weighted by Gasteiger charge is -2.22. The molecule has 3 aromatic carbocycles. The highest BCUT2D eigenvalue weighted by molar-refractivity contribution is 7.99. The van der Waals surface area contributed by atoms with Gasteiger partial charge in [0.15, 0.2) is 11.0 Å². The molecule has 0 aliphatic rings. The summed E-state index contributed by atoms with van der Waals surface area (Å²) in [5, 5.41) is 13.8. The van der Waals surface area contributed by atoms with Crippen molar-refractivity contribution in [1.82, 2.24) is 14.8 Å². The average molecular weight is 514 g/mol. The maximum absolute atomic E-state index is 13.3. The van der Waals surface area contributed by atoms with Crippen molar-refractivity contribution in [3.8, 4) is 0 Å². The van der Waals surface area contributed by atoms with Crippen molar-refractivity contribution in [3.63, 3.8) is 0 Å². The van der Waals surface area contributed by atoms with Gasteiger partial charge in [-0.25, -0.2) is 12.8 Å². The number of carbonyl (C=O) groups is 1. The predicted molar refractivity (Wildman–Crippen MR) is 136 cm³/mol. The van der Waals surface area contributed by atoms with E-state index in [0.29, 0.717) is 28.9 Å². The largest absolute Gasteiger partial charge is 0.325 e. The van der Waals surface area contributed by atoms with Crippen molar-refractivity contribution in [2.24, 2.45) is 0 Å². The van der Waals surface area contributed by atoms with Gasteiger partial charge in [-0.1, -0.05) is 42.1 Å². The van der Waals surface area contributed by atoms with E-state index in [9.17, 15) is 17.6 Å². The van der Waals surface area contributed by atoms with Crippen molar-refractivity contribution in [3.05, 3.63) is 78.4 Å². The number of nitrogens with one attached hydrogen (secondary N) is 1. The van der Waals surface area contributed by atoms with E-state index in [-0.39, 0.29) is 18.2 Å². The Morgan fingerprint density at radius 3 is 2.46 bits per heavy atom. The van der Waals surface area contributed by atoms with Crippen molar-refractivity contribution >= 4 is 49.8 Å². The van der Waals surface area contributed by atoms with E-state index in [2.05, 4.69) is 15.5 Å². The van der Waals surface area contributed by atoms with E-state index >= 15 is 0 Å². The molecule has 0 aliphatic heterocycles. The number of benzene rings is 3. The molecule has 0 spiro atoms. The van der Waals surface area contributed by atoms with Crippen LogP contribution in [0, 0.1) is 5.82 Å². The zero-order chi connectivity index (χ0) is 25.0. The summed E-state index contributed by atoms with van der Waals surface area (Å²) in [6.07, 6.45) is 1.08. The van der Waals surface area contributed by atoms with Crippen LogP contribution in [0.4, 0.5) is 15.8 Å². The van der Waals surface area contributed by atoms with Gasteiger partial charge in [-0.3, -0.25) is 9.10 Å². The number of thioether (sulfide) groups is 1. The number of amides is 1. The Kier molecular flexibility index (Phi) is 7.37. The summed E-state index contributed by atoms with van der Waals surface area (Å²) < 4.78 is 41.1. The molecule has 182 valence electrons. The van der Waals surface area contributed by atoms with Gasteiger partial charge in [0.05, 0.1) is 24.2 Å². The second-order valence-electron chi connectivity index (χ2n) is 7.79. The van der Waals surface area contributed by atoms with E-state index < -0.39 is 15.8 Å². The van der Waals surface area contributed by atoms with E-state index in [1.807, 2.05) is 49.4 Å². The minimum Gasteiger partial charge on any atom is -0.325 e. The Balaban J connectivity index is 1.45. The van der Waals surface area contributed by atoms with Crippen LogP contribution in [0.1, 0.15) is 12.7 Å². The van der Waals surface area contributed by atoms with Gasteiger partial charge in [-0.2, -0.15) is 0 Å². The molecule has 35 heavy (non-hydrogen) atoms. The third kappa shape index (κ3) is 5.98. The van der Waals surface area contributed by atoms with Crippen LogP contribution in [0.15, 0.2) is 71.9 Å². The topological polar surface area (TPSA) is 97.2 Å². The van der Waals surface area contributed by atoms with Crippen LogP contribution in [-0.2, 0) is 27.9 Å². The molecule has 1 aromatic heterocycles. The quantitative estimate of drug-likeness (QED) is 0.336. The van der Waals surface area contributed by atoms with E-state index in [1.54, 1.807) is 4.57 Å². The molecule has 0 unspecified atom stereocenters. The van der Waals surface area contributed by atoms with Gasteiger partial charge in [0, 0.05) is 12.2 Å². The maximum atomic E-state index is 13.3. The summed E-state index contributed by atoms with van der Waals surface area (Å²) in [5.74, 6) is -0.126. The predicted octanol–water partition coefficient (Wildman–Crippen LogP) is 4.29. The van der Waals surface area contributed by atoms with Crippen LogP contribution < -0.4 is 9.62 Å². The van der Waals surface area contributed by atoms with Gasteiger partial charge in [0.2, 0.25) is 15.9 Å². The Hall–Kier alpha value is -3.44. The molecule has 0 saturated heterocycles. The number of sulfonamides is 1. The van der Waals surface area contributed by atoms with E-state index in [1.165, 1.54) is 36.0 Å². The van der Waals surface area contributed by atoms with Crippen LogP contribution in [0.3, 0.4) is 0 Å². The van der Waals surface area contributed by atoms with Crippen LogP contribution in [0.25, 0.3) is 10.8 Å². The number of nitrogens with zero attached hydrogens (tertiary/aromatic N) is 4. The van der Waals surface area contributed by atoms with Crippen molar-refractivity contribution < 1.29 is 17.6 Å². The van der Waals surface area contributed by atoms with Crippen LogP contribution >= 0.6 is 11.8 Å². The van der Waals surface area contributed by atoms with E-state index in [0.717, 1.165) is 21.3 Å². The SMILES string of the molecule is CCn1c(CN(c2ccc(F)cc2)S(C)(=O)=O)nnc1SCC(=O)Nc1ccc2ccccc2c1. The highest BCUT2D eigenvalue weighted by Gasteiger charge is 2.22. The van der Waals surface area contributed by atoms with Crippen LogP contribution in [0.5, 0.6) is 0 Å². The van der Waals surface area contributed by atoms with Crippen LogP contribution in [-0.4, -0.2) is 41.1 Å². The number of hydrogen-bond donors (Lipinski definition) is 1. The van der Waals surface area contributed by atoms with Gasteiger partial charge < -0.3 is 9.88 Å². The summed E-state index contributed by atoms with van der Waals surface area (Å²) in [7, 11) is -3.66. The number of halogens is 1. The lowest BCUT2D eigenvalue weighted by atomic mass is 10.1. The Morgan fingerprint density at radius 2 is 1.77 bits per heavy atom. The fraction of sp³-hybridized carbons (Fsp3) is 0.208. The third-order valence-corrected chi connectivity index (χ3v) is 7.38. The normalized spacial score (nSPS) is 11.5. The second kappa shape index (κ2) is 10.4. The van der Waals surface area contributed by atoms with Gasteiger partial charge in [0.25, 0.3) is 0 Å². The molecule has 0 atom stereocenters. The minimum atomic E-state index is -3.66. The molecular weight excluding hydrogens is 489 g/mol. The van der Waals surface area contributed by atoms with Gasteiger partial charge in [0.1, 0.15) is 5.82 Å². The van der Waals surface area contributed by atoms with E-state index in [4.69, 9.17) is 0 Å². The minimum absolute atomic E-state index is 0.0743. The average Bonchev–Trinajstić information content (AvgIpc) is 3.22. The standard InChI is InChI=1S/C24H24FN5O3S2/c1-3-29-22(15-30(35(2,32)33)21-12-9-19(25)10-13-21)27-28-24(29)34-16-23(31)26-20-11-8-17-6-4-5-7-18(17)14-20/h4-14H,3,15-16H2,1-2H3,(H,26,31). The van der Waals surface area contributed by atoms with Crippen molar-refractivity contribution in [2.45, 2.75) is 25.2 Å². The number of hydrogen-bond acceptors (Lipinski definition) is 6. The third-order valence-electron chi connectivity index (χ3n) is 5.28. The second-order valence-corrected chi connectivity index (χ2v) is 10.6. The smallest absolute Gasteiger partial charge is 0.234 e. The van der Waals surface area contributed by atoms with Gasteiger partial charge >= 0.3 is 0 Å². The van der Waals surface area contributed by atoms with Gasteiger partial charge in [-0.05, 0) is 54.1 Å². The number of anilines is 2. The Labute approximate surface area is 207 Å². The van der Waals surface area contributed by atoms with Gasteiger partial charge in [-0.15, -0.1) is 10.2 Å². The Morgan fingerprint density at radius 1 is 1.06 bits per heavy atom. The molecule has 1 amide bonds. The lowest BCUT2D eigenvalue weighted by Crippen LogP contribution is -2.30. The highest BCUT2D eigenvalue weighted by atomic mass is 32.2. The monoisotopic (exact) mass is 513 g/mol. The summed E-state index contributed by atoms with van der Waals surface area (Å²) in [6.45, 7) is 2.29. The lowest BCUT2D eigenvalue weighted by molar-refractivity contribution is -0.113. The zero-order valence-electron chi connectivity index (χ0n) is 19.2. The van der Waals surface area contributed by atoms with Crippen molar-refractivity contribution in [2.75, 3.05) is 21.6 Å². The molecular formula is C24H24FN5O3S2. The first-order chi connectivity index (χ1) is 16.7. The molecule has 4 aromatic rings. The Bertz CT molecular complexity index is 1460. The molecule has 8 nitrogen and oxygen atoms in total. The summed E-state index contributed by atoms with van der Waals surface area (Å²) in [5.41, 5.74) is 1.03. The highest BCUT2D eigenvalue weighted by Crippen LogP contribution is 2.24. The van der Waals surface area contributed by atoms with Crippen molar-refractivity contribution in [1.29, 1.82) is 0 Å². The molecule has 0 bridgehead atoms. The fourth-order valence-corrected chi connectivity index (χ4v) is 5.27. The maximum Gasteiger partial charge on any atom is 0.234 e. The molecule has 4 rings (SSSR count). The first kappa shape index (κ1) is 24.7. The molecule has 1 heterocycles. The first-order valence-corrected chi connectivity index (χ1v) is 13.6. The zero-order valence-corrected chi connectivity index (χ0v) is 20.8. The molecule has 0 saturated carbocycles. The summed E-state index contributed by atoms with van der Waals surface area (Å²) in [4.78, 5) is 12.5. The molecule has 0 aliphatic carbocycles. The first-order valence-electron chi connectivity index (χ1n) is 10.8. The molecule has 11 heteroatoms. The number of carbonyl (C=O) groups excluding carboxylic acids is 1. The number of aromatic nitrogens is 3. The van der Waals surface area contributed by atoms with Crippen LogP contribution in [0.2, 0.25) is 0 Å². The number of rotatable bonds is 9. The molecule has 0 radical (unpaired) electrons. The molecule has 0 fully saturated rings. The molecule has 1 N–H and O–H groups in total. The number of fused-ring (bicyclic) bond motifs is 1.